The summed E-state index contributed by atoms with van der Waals surface area (Å²) in [4.78, 5) is 49.8. The summed E-state index contributed by atoms with van der Waals surface area (Å²) in [6, 6.07) is 27.5. The third-order valence-electron chi connectivity index (χ3n) is 8.31. The molecule has 8 rings (SSSR count). The van der Waals surface area contributed by atoms with Crippen molar-refractivity contribution < 1.29 is 19.4 Å². The molecule has 6 aromatic carbocycles. The fourth-order valence-corrected chi connectivity index (χ4v) is 6.54. The van der Waals surface area contributed by atoms with Crippen LogP contribution < -0.4 is 0 Å². The van der Waals surface area contributed by atoms with Crippen LogP contribution in [0.2, 0.25) is 0 Å². The Morgan fingerprint density at radius 2 is 1.10 bits per heavy atom. The van der Waals surface area contributed by atoms with Crippen LogP contribution in [0.15, 0.2) is 97.1 Å². The second kappa shape index (κ2) is 8.25. The second-order valence-corrected chi connectivity index (χ2v) is 10.4. The zero-order chi connectivity index (χ0) is 28.9. The predicted molar refractivity (Wildman–Crippen MR) is 158 cm³/mol. The van der Waals surface area contributed by atoms with E-state index in [2.05, 4.69) is 0 Å². The molecule has 0 bridgehead atoms. The summed E-state index contributed by atoms with van der Waals surface area (Å²) in [7, 11) is 0. The minimum Gasteiger partial charge on any atom is -0.289 e. The molecule has 0 saturated carbocycles. The Labute approximate surface area is 236 Å². The van der Waals surface area contributed by atoms with Gasteiger partial charge in [0.15, 0.2) is 5.78 Å². The van der Waals surface area contributed by atoms with Gasteiger partial charge in [-0.05, 0) is 63.5 Å². The molecule has 0 radical (unpaired) electrons. The lowest BCUT2D eigenvalue weighted by molar-refractivity contribution is -0.385. The fourth-order valence-electron chi connectivity index (χ4n) is 6.54. The molecule has 0 aromatic heterocycles. The number of hydrogen-bond donors (Lipinski definition) is 0. The highest BCUT2D eigenvalue weighted by atomic mass is 16.6. The number of ketones is 2. The van der Waals surface area contributed by atoms with E-state index in [-0.39, 0.29) is 33.7 Å². The van der Waals surface area contributed by atoms with Gasteiger partial charge in [0.05, 0.1) is 15.2 Å². The normalized spacial score (nSPS) is 12.8. The minimum atomic E-state index is -0.585. The van der Waals surface area contributed by atoms with Crippen molar-refractivity contribution in [1.29, 1.82) is 0 Å². The third-order valence-corrected chi connectivity index (χ3v) is 8.31. The highest BCUT2D eigenvalue weighted by molar-refractivity contribution is 6.29. The van der Waals surface area contributed by atoms with Gasteiger partial charge in [-0.25, -0.2) is 0 Å². The number of non-ortho nitro benzene ring substituents is 1. The summed E-state index contributed by atoms with van der Waals surface area (Å²) in [5.41, 5.74) is 4.81. The van der Waals surface area contributed by atoms with E-state index in [1.165, 1.54) is 24.3 Å². The van der Waals surface area contributed by atoms with Crippen LogP contribution >= 0.6 is 0 Å². The van der Waals surface area contributed by atoms with Crippen molar-refractivity contribution in [3.05, 3.63) is 140 Å². The quantitative estimate of drug-likeness (QED) is 0.163. The molecule has 0 atom stereocenters. The summed E-state index contributed by atoms with van der Waals surface area (Å²) >= 11 is 0. The van der Waals surface area contributed by atoms with E-state index in [1.54, 1.807) is 18.2 Å². The summed E-state index contributed by atoms with van der Waals surface area (Å²) in [5.74, 6) is -0.584. The first-order valence-corrected chi connectivity index (χ1v) is 13.1. The molecule has 2 aliphatic rings. The summed E-state index contributed by atoms with van der Waals surface area (Å²) in [5, 5.41) is 26.4. The van der Waals surface area contributed by atoms with Gasteiger partial charge in [-0.1, -0.05) is 54.6 Å². The van der Waals surface area contributed by atoms with Crippen LogP contribution in [0.4, 0.5) is 11.4 Å². The van der Waals surface area contributed by atoms with Crippen LogP contribution in [-0.4, -0.2) is 21.4 Å². The summed E-state index contributed by atoms with van der Waals surface area (Å²) in [6.07, 6.45) is 0. The van der Waals surface area contributed by atoms with Gasteiger partial charge in [-0.15, -0.1) is 0 Å². The monoisotopic (exact) mass is 548 g/mol. The number of carbonyl (C=O) groups is 2. The Hall–Kier alpha value is -6.02. The average molecular weight is 549 g/mol. The van der Waals surface area contributed by atoms with Crippen molar-refractivity contribution in [2.24, 2.45) is 0 Å². The lowest BCUT2D eigenvalue weighted by atomic mass is 9.79. The highest BCUT2D eigenvalue weighted by Crippen LogP contribution is 2.48. The molecule has 0 N–H and O–H groups in total. The van der Waals surface area contributed by atoms with Gasteiger partial charge in [0.2, 0.25) is 5.78 Å². The Morgan fingerprint density at radius 3 is 1.86 bits per heavy atom. The number of fused-ring (bicyclic) bond motifs is 4. The van der Waals surface area contributed by atoms with Gasteiger partial charge in [-0.3, -0.25) is 29.8 Å². The molecule has 0 spiro atoms. The molecule has 42 heavy (non-hydrogen) atoms. The predicted octanol–water partition coefficient (Wildman–Crippen LogP) is 7.90. The number of nitro benzene ring substituents is 2. The summed E-state index contributed by atoms with van der Waals surface area (Å²) in [6.45, 7) is 0. The van der Waals surface area contributed by atoms with E-state index in [0.29, 0.717) is 33.2 Å². The standard InChI is InChI=1S/C34H16N2O6/c37-33-22-7-2-1-6-20(22)25-14-18(13-17-5-3-9-23(33)30(17)25)19-15-26-21-8-4-10-29(36(41)42)32(21)34(38)24-11-12-28(35(39)40)27(16-19)31(24)26/h1-16H. The van der Waals surface area contributed by atoms with E-state index in [1.807, 2.05) is 54.6 Å². The molecule has 0 unspecified atom stereocenters. The fraction of sp³-hybridized carbons (Fsp3) is 0. The first-order valence-electron chi connectivity index (χ1n) is 13.1. The molecule has 8 nitrogen and oxygen atoms in total. The lowest BCUT2D eigenvalue weighted by Gasteiger charge is -2.23. The van der Waals surface area contributed by atoms with Crippen LogP contribution in [0.25, 0.3) is 54.9 Å². The van der Waals surface area contributed by atoms with Crippen LogP contribution in [0, 0.1) is 20.2 Å². The number of rotatable bonds is 3. The number of nitro groups is 2. The number of hydrogen-bond acceptors (Lipinski definition) is 6. The summed E-state index contributed by atoms with van der Waals surface area (Å²) < 4.78 is 0. The second-order valence-electron chi connectivity index (χ2n) is 10.4. The smallest absolute Gasteiger partial charge is 0.281 e. The van der Waals surface area contributed by atoms with Gasteiger partial charge in [-0.2, -0.15) is 0 Å². The maximum absolute atomic E-state index is 13.6. The van der Waals surface area contributed by atoms with Crippen molar-refractivity contribution in [3.8, 4) is 33.4 Å². The van der Waals surface area contributed by atoms with Crippen molar-refractivity contribution in [3.63, 3.8) is 0 Å². The van der Waals surface area contributed by atoms with E-state index >= 15 is 0 Å². The molecule has 0 saturated heterocycles. The number of carbonyl (C=O) groups excluding carboxylic acids is 2. The maximum atomic E-state index is 13.6. The van der Waals surface area contributed by atoms with Gasteiger partial charge >= 0.3 is 0 Å². The van der Waals surface area contributed by atoms with Crippen molar-refractivity contribution in [2.45, 2.75) is 0 Å². The van der Waals surface area contributed by atoms with Gasteiger partial charge in [0.25, 0.3) is 11.4 Å². The third kappa shape index (κ3) is 3.06. The molecular weight excluding hydrogens is 532 g/mol. The Bertz CT molecular complexity index is 2300. The number of benzene rings is 6. The minimum absolute atomic E-state index is 0.0343. The van der Waals surface area contributed by atoms with Gasteiger partial charge in [0.1, 0.15) is 5.56 Å². The molecule has 0 fully saturated rings. The van der Waals surface area contributed by atoms with E-state index < -0.39 is 15.6 Å². The first kappa shape index (κ1) is 23.8. The molecule has 0 amide bonds. The van der Waals surface area contributed by atoms with E-state index in [9.17, 15) is 29.8 Å². The number of nitrogens with zero attached hydrogens (tertiary/aromatic N) is 2. The Morgan fingerprint density at radius 1 is 0.476 bits per heavy atom. The largest absolute Gasteiger partial charge is 0.289 e. The van der Waals surface area contributed by atoms with Crippen LogP contribution in [-0.2, 0) is 0 Å². The van der Waals surface area contributed by atoms with Crippen molar-refractivity contribution >= 4 is 44.5 Å². The molecule has 6 aromatic rings. The topological polar surface area (TPSA) is 120 Å². The SMILES string of the molecule is O=C1c2ccccc2-c2cc(-c3cc4c5c(ccc([N+](=O)[O-])c5c3)C(=O)c3c-4cccc3[N+](=O)[O-])cc3cccc1c23. The zero-order valence-electron chi connectivity index (χ0n) is 21.6. The first-order chi connectivity index (χ1) is 20.3. The van der Waals surface area contributed by atoms with Gasteiger partial charge < -0.3 is 0 Å². The van der Waals surface area contributed by atoms with E-state index in [4.69, 9.17) is 0 Å². The maximum Gasteiger partial charge on any atom is 0.281 e. The average Bonchev–Trinajstić information content (AvgIpc) is 3.01. The molecule has 198 valence electrons. The lowest BCUT2D eigenvalue weighted by Crippen LogP contribution is -2.13. The van der Waals surface area contributed by atoms with E-state index in [0.717, 1.165) is 27.5 Å². The Balaban J connectivity index is 1.49. The van der Waals surface area contributed by atoms with Crippen LogP contribution in [0.5, 0.6) is 0 Å². The molecule has 0 heterocycles. The molecule has 8 heteroatoms. The van der Waals surface area contributed by atoms with Crippen molar-refractivity contribution in [2.75, 3.05) is 0 Å². The van der Waals surface area contributed by atoms with Crippen LogP contribution in [0.3, 0.4) is 0 Å². The van der Waals surface area contributed by atoms with Crippen molar-refractivity contribution in [1.82, 2.24) is 0 Å². The zero-order valence-corrected chi connectivity index (χ0v) is 21.6. The highest BCUT2D eigenvalue weighted by Gasteiger charge is 2.34. The molecule has 2 aliphatic carbocycles. The molecular formula is C34H16N2O6. The van der Waals surface area contributed by atoms with Gasteiger partial charge in [0, 0.05) is 45.2 Å². The Kier molecular flexibility index (Phi) is 4.68. The molecule has 0 aliphatic heterocycles. The van der Waals surface area contributed by atoms with Crippen LogP contribution in [0.1, 0.15) is 31.8 Å².